The molecule has 0 nitrogen and oxygen atoms in total. The lowest BCUT2D eigenvalue weighted by atomic mass is 10.5. The largest absolute Gasteiger partial charge is 0.0962 e. The van der Waals surface area contributed by atoms with Crippen molar-refractivity contribution in [2.24, 2.45) is 0 Å². The summed E-state index contributed by atoms with van der Waals surface area (Å²) in [6, 6.07) is 0. The van der Waals surface area contributed by atoms with Crippen LogP contribution in [0.3, 0.4) is 0 Å². The maximum Gasteiger partial charge on any atom is 0.0156 e. The predicted octanol–water partition coefficient (Wildman–Crippen LogP) is 3.00. The van der Waals surface area contributed by atoms with Crippen LogP contribution in [0.1, 0.15) is 13.8 Å². The van der Waals surface area contributed by atoms with E-state index in [2.05, 4.69) is 38.2 Å². The van der Waals surface area contributed by atoms with E-state index < -0.39 is 0 Å². The monoisotopic (exact) mass is 154 g/mol. The summed E-state index contributed by atoms with van der Waals surface area (Å²) in [6.07, 6.45) is 11.7. The summed E-state index contributed by atoms with van der Waals surface area (Å²) in [6.45, 7) is 4.60. The quantitative estimate of drug-likeness (QED) is 0.548. The lowest BCUT2D eigenvalue weighted by Crippen LogP contribution is -1.98. The van der Waals surface area contributed by atoms with Crippen LogP contribution in [-0.4, -0.2) is 18.0 Å². The lowest BCUT2D eigenvalue weighted by molar-refractivity contribution is 1.31. The molecule has 0 saturated carbocycles. The number of allylic oxidation sites excluding steroid dienone is 4. The Kier molecular flexibility index (Phi) is 3.15. The van der Waals surface area contributed by atoms with Crippen LogP contribution in [0.5, 0.6) is 0 Å². The molecule has 1 aliphatic rings. The topological polar surface area (TPSA) is 0 Å². The minimum atomic E-state index is 0.269. The first-order valence-electron chi connectivity index (χ1n) is 3.97. The molecule has 0 aromatic carbocycles. The van der Waals surface area contributed by atoms with Gasteiger partial charge in [-0.15, -0.1) is 0 Å². The molecule has 0 bridgehead atoms. The van der Waals surface area contributed by atoms with Crippen LogP contribution in [0.2, 0.25) is 0 Å². The molecule has 1 aliphatic carbocycles. The molecule has 1 rings (SSSR count). The van der Waals surface area contributed by atoms with Gasteiger partial charge >= 0.3 is 0 Å². The van der Waals surface area contributed by atoms with Gasteiger partial charge in [0.2, 0.25) is 0 Å². The summed E-state index contributed by atoms with van der Waals surface area (Å²) in [7, 11) is 0.269. The van der Waals surface area contributed by atoms with Crippen LogP contribution < -0.4 is 0 Å². The molecule has 10 heavy (non-hydrogen) atoms. The van der Waals surface area contributed by atoms with E-state index in [1.54, 1.807) is 0 Å². The third-order valence-electron chi connectivity index (χ3n) is 1.96. The van der Waals surface area contributed by atoms with Gasteiger partial charge in [0.25, 0.3) is 0 Å². The molecule has 0 atom stereocenters. The summed E-state index contributed by atoms with van der Waals surface area (Å²) in [4.78, 5) is 0. The molecule has 0 fully saturated rings. The van der Waals surface area contributed by atoms with E-state index in [9.17, 15) is 0 Å². The number of hydrogen-bond acceptors (Lipinski definition) is 0. The van der Waals surface area contributed by atoms with E-state index in [-0.39, 0.29) is 7.92 Å². The Bertz CT molecular complexity index is 131. The van der Waals surface area contributed by atoms with Gasteiger partial charge < -0.3 is 0 Å². The van der Waals surface area contributed by atoms with Crippen molar-refractivity contribution in [1.82, 2.24) is 0 Å². The third-order valence-corrected chi connectivity index (χ3v) is 4.77. The molecule has 0 amide bonds. The zero-order valence-corrected chi connectivity index (χ0v) is 7.64. The molecular formula is C9H15P. The predicted molar refractivity (Wildman–Crippen MR) is 50.1 cm³/mol. The van der Waals surface area contributed by atoms with Crippen LogP contribution in [0.15, 0.2) is 24.3 Å². The van der Waals surface area contributed by atoms with Gasteiger partial charge in [0, 0.05) is 5.66 Å². The standard InChI is InChI=1S/C9H15P/c1-3-10(4-2)9-7-5-6-8-9/h5-9H,3-4H2,1-2H3. The van der Waals surface area contributed by atoms with Crippen LogP contribution in [0.4, 0.5) is 0 Å². The Morgan fingerprint density at radius 1 is 1.10 bits per heavy atom. The summed E-state index contributed by atoms with van der Waals surface area (Å²) in [5.41, 5.74) is 0.796. The van der Waals surface area contributed by atoms with Crippen LogP contribution in [0.25, 0.3) is 0 Å². The van der Waals surface area contributed by atoms with E-state index in [0.29, 0.717) is 0 Å². The summed E-state index contributed by atoms with van der Waals surface area (Å²) >= 11 is 0. The minimum Gasteiger partial charge on any atom is -0.0962 e. The van der Waals surface area contributed by atoms with Gasteiger partial charge in [0.1, 0.15) is 0 Å². The first-order valence-corrected chi connectivity index (χ1v) is 5.75. The average molecular weight is 154 g/mol. The fraction of sp³-hybridized carbons (Fsp3) is 0.556. The second-order valence-corrected chi connectivity index (χ2v) is 5.52. The fourth-order valence-corrected chi connectivity index (χ4v) is 3.28. The normalized spacial score (nSPS) is 17.5. The molecule has 0 heterocycles. The van der Waals surface area contributed by atoms with E-state index in [1.807, 2.05) is 0 Å². The van der Waals surface area contributed by atoms with Gasteiger partial charge in [-0.25, -0.2) is 0 Å². The second kappa shape index (κ2) is 3.93. The van der Waals surface area contributed by atoms with Crippen LogP contribution in [-0.2, 0) is 0 Å². The Balaban J connectivity index is 2.45. The zero-order valence-electron chi connectivity index (χ0n) is 6.75. The van der Waals surface area contributed by atoms with Gasteiger partial charge in [-0.2, -0.15) is 0 Å². The molecular weight excluding hydrogens is 139 g/mol. The van der Waals surface area contributed by atoms with E-state index in [1.165, 1.54) is 12.3 Å². The molecule has 0 radical (unpaired) electrons. The highest BCUT2D eigenvalue weighted by Crippen LogP contribution is 2.42. The molecule has 0 saturated heterocycles. The summed E-state index contributed by atoms with van der Waals surface area (Å²) < 4.78 is 0. The van der Waals surface area contributed by atoms with Crippen molar-refractivity contribution in [3.05, 3.63) is 24.3 Å². The summed E-state index contributed by atoms with van der Waals surface area (Å²) in [5.74, 6) is 0. The SMILES string of the molecule is CCP(CC)C1C=CC=C1. The lowest BCUT2D eigenvalue weighted by Gasteiger charge is -2.17. The number of rotatable bonds is 3. The Hall–Kier alpha value is -0.0900. The molecule has 0 aromatic heterocycles. The first-order chi connectivity index (χ1) is 4.88. The van der Waals surface area contributed by atoms with E-state index in [0.717, 1.165) is 5.66 Å². The maximum absolute atomic E-state index is 2.33. The van der Waals surface area contributed by atoms with Crippen LogP contribution in [0, 0.1) is 0 Å². The highest BCUT2D eigenvalue weighted by atomic mass is 31.1. The fourth-order valence-electron chi connectivity index (χ4n) is 1.31. The van der Waals surface area contributed by atoms with Gasteiger partial charge in [-0.05, 0) is 12.3 Å². The summed E-state index contributed by atoms with van der Waals surface area (Å²) in [5, 5.41) is 0. The number of hydrogen-bond donors (Lipinski definition) is 0. The average Bonchev–Trinajstić information content (AvgIpc) is 2.43. The van der Waals surface area contributed by atoms with Gasteiger partial charge in [-0.1, -0.05) is 46.1 Å². The second-order valence-electron chi connectivity index (χ2n) is 2.48. The molecule has 0 unspecified atom stereocenters. The Labute approximate surface area is 64.8 Å². The molecule has 1 heteroatoms. The van der Waals surface area contributed by atoms with Crippen LogP contribution >= 0.6 is 7.92 Å². The van der Waals surface area contributed by atoms with Crippen molar-refractivity contribution in [2.75, 3.05) is 12.3 Å². The zero-order chi connectivity index (χ0) is 7.40. The van der Waals surface area contributed by atoms with E-state index in [4.69, 9.17) is 0 Å². The Morgan fingerprint density at radius 3 is 2.00 bits per heavy atom. The smallest absolute Gasteiger partial charge is 0.0156 e. The van der Waals surface area contributed by atoms with Gasteiger partial charge in [-0.3, -0.25) is 0 Å². The van der Waals surface area contributed by atoms with Crippen molar-refractivity contribution >= 4 is 7.92 Å². The molecule has 0 N–H and O–H groups in total. The molecule has 56 valence electrons. The van der Waals surface area contributed by atoms with Crippen molar-refractivity contribution in [3.8, 4) is 0 Å². The third kappa shape index (κ3) is 1.70. The molecule has 0 spiro atoms. The molecule has 0 aliphatic heterocycles. The first kappa shape index (κ1) is 8.01. The highest BCUT2D eigenvalue weighted by molar-refractivity contribution is 7.58. The van der Waals surface area contributed by atoms with E-state index >= 15 is 0 Å². The Morgan fingerprint density at radius 2 is 1.60 bits per heavy atom. The van der Waals surface area contributed by atoms with Crippen molar-refractivity contribution in [2.45, 2.75) is 19.5 Å². The highest BCUT2D eigenvalue weighted by Gasteiger charge is 2.12. The molecule has 0 aromatic rings. The van der Waals surface area contributed by atoms with Crippen molar-refractivity contribution in [1.29, 1.82) is 0 Å². The van der Waals surface area contributed by atoms with Gasteiger partial charge in [0.05, 0.1) is 0 Å². The van der Waals surface area contributed by atoms with Gasteiger partial charge in [0.15, 0.2) is 0 Å². The van der Waals surface area contributed by atoms with Crippen molar-refractivity contribution < 1.29 is 0 Å². The maximum atomic E-state index is 2.33. The van der Waals surface area contributed by atoms with Crippen molar-refractivity contribution in [3.63, 3.8) is 0 Å². The minimum absolute atomic E-state index is 0.269.